The minimum absolute atomic E-state index is 0.0307. The highest BCUT2D eigenvalue weighted by molar-refractivity contribution is 7.99. The molecule has 5 aromatic rings. The maximum absolute atomic E-state index is 15.4. The van der Waals surface area contributed by atoms with E-state index in [0.29, 0.717) is 47.7 Å². The molecule has 0 bridgehead atoms. The summed E-state index contributed by atoms with van der Waals surface area (Å²) in [6.07, 6.45) is 6.19. The van der Waals surface area contributed by atoms with Gasteiger partial charge in [-0.05, 0) is 86.7 Å². The van der Waals surface area contributed by atoms with Crippen molar-refractivity contribution in [2.24, 2.45) is 5.41 Å². The van der Waals surface area contributed by atoms with E-state index in [4.69, 9.17) is 19.2 Å². The molecule has 0 amide bonds. The van der Waals surface area contributed by atoms with Gasteiger partial charge in [-0.2, -0.15) is 5.10 Å². The van der Waals surface area contributed by atoms with E-state index in [0.717, 1.165) is 36.2 Å². The summed E-state index contributed by atoms with van der Waals surface area (Å²) in [4.78, 5) is 30.6. The van der Waals surface area contributed by atoms with Crippen LogP contribution < -0.4 is 9.47 Å². The summed E-state index contributed by atoms with van der Waals surface area (Å²) < 4.78 is 51.8. The Labute approximate surface area is 325 Å². The van der Waals surface area contributed by atoms with Crippen LogP contribution >= 0.6 is 11.8 Å². The molecule has 1 unspecified atom stereocenters. The van der Waals surface area contributed by atoms with E-state index < -0.39 is 17.0 Å². The third kappa shape index (κ3) is 11.3. The van der Waals surface area contributed by atoms with E-state index in [1.807, 2.05) is 32.0 Å². The Morgan fingerprint density at radius 3 is 2.49 bits per heavy atom. The maximum Gasteiger partial charge on any atom is 0.315 e. The van der Waals surface area contributed by atoms with Crippen LogP contribution in [0.15, 0.2) is 67.4 Å². The van der Waals surface area contributed by atoms with Crippen molar-refractivity contribution in [1.29, 1.82) is 0 Å². The average molecular weight is 777 g/mol. The Bertz CT molecular complexity index is 2050. The highest BCUT2D eigenvalue weighted by Crippen LogP contribution is 2.40. The summed E-state index contributed by atoms with van der Waals surface area (Å²) in [7, 11) is 1.68. The number of carbonyl (C=O) groups excluding carboxylic acids is 2. The molecule has 0 spiro atoms. The van der Waals surface area contributed by atoms with E-state index in [1.165, 1.54) is 30.3 Å². The zero-order valence-electron chi connectivity index (χ0n) is 32.3. The predicted molar refractivity (Wildman–Crippen MR) is 214 cm³/mol. The molecule has 0 aliphatic rings. The van der Waals surface area contributed by atoms with Gasteiger partial charge in [-0.3, -0.25) is 14.7 Å². The van der Waals surface area contributed by atoms with Gasteiger partial charge in [0.05, 0.1) is 23.3 Å². The van der Waals surface area contributed by atoms with Crippen molar-refractivity contribution < 1.29 is 37.3 Å². The number of esters is 1. The van der Waals surface area contributed by atoms with Crippen molar-refractivity contribution in [3.05, 3.63) is 96.0 Å². The van der Waals surface area contributed by atoms with Crippen molar-refractivity contribution in [2.45, 2.75) is 59.3 Å². The van der Waals surface area contributed by atoms with Crippen molar-refractivity contribution in [3.8, 4) is 28.6 Å². The Morgan fingerprint density at radius 2 is 1.78 bits per heavy atom. The number of ether oxygens (including phenoxy) is 4. The molecule has 2 N–H and O–H groups in total. The van der Waals surface area contributed by atoms with Crippen LogP contribution in [-0.4, -0.2) is 70.9 Å². The van der Waals surface area contributed by atoms with Crippen LogP contribution in [0.2, 0.25) is 0 Å². The maximum atomic E-state index is 15.4. The number of rotatable bonds is 19. The number of hydrogen-bond donors (Lipinski definition) is 2. The summed E-state index contributed by atoms with van der Waals surface area (Å²) in [6, 6.07) is 14.7. The van der Waals surface area contributed by atoms with Crippen LogP contribution in [0, 0.1) is 17.0 Å². The van der Waals surface area contributed by atoms with E-state index in [-0.39, 0.29) is 40.9 Å². The van der Waals surface area contributed by atoms with Gasteiger partial charge < -0.3 is 23.9 Å². The first kappa shape index (κ1) is 42.7. The number of benzene rings is 3. The number of halogens is 2. The molecular formula is C42H50F2N4O6S. The molecule has 0 saturated carbocycles. The van der Waals surface area contributed by atoms with Gasteiger partial charge in [0.15, 0.2) is 23.7 Å². The Kier molecular flexibility index (Phi) is 15.6. The highest BCUT2D eigenvalue weighted by Gasteiger charge is 2.34. The molecule has 1 atom stereocenters. The summed E-state index contributed by atoms with van der Waals surface area (Å²) in [5.74, 6) is 0.991. The summed E-state index contributed by atoms with van der Waals surface area (Å²) in [5.41, 5.74) is 1.21. The van der Waals surface area contributed by atoms with Crippen LogP contribution in [0.3, 0.4) is 0 Å². The molecule has 55 heavy (non-hydrogen) atoms. The molecule has 0 saturated heterocycles. The van der Waals surface area contributed by atoms with Gasteiger partial charge in [0.2, 0.25) is 0 Å². The van der Waals surface area contributed by atoms with Gasteiger partial charge in [0.1, 0.15) is 29.7 Å². The molecule has 3 aromatic carbocycles. The number of aromatic nitrogens is 4. The smallest absolute Gasteiger partial charge is 0.315 e. The zero-order chi connectivity index (χ0) is 40.0. The molecule has 294 valence electrons. The Hall–Kier alpha value is -5.01. The third-order valence-electron chi connectivity index (χ3n) is 9.04. The number of aldehydes is 1. The topological polar surface area (TPSA) is 128 Å². The lowest BCUT2D eigenvalue weighted by atomic mass is 9.75. The zero-order valence-corrected chi connectivity index (χ0v) is 33.1. The predicted octanol–water partition coefficient (Wildman–Crippen LogP) is 9.70. The minimum atomic E-state index is -0.724. The van der Waals surface area contributed by atoms with Crippen LogP contribution in [-0.2, 0) is 24.5 Å². The number of nitrogens with zero attached hydrogens (tertiary/aromatic N) is 2. The van der Waals surface area contributed by atoms with Gasteiger partial charge in [-0.15, -0.1) is 11.8 Å². The first-order valence-corrected chi connectivity index (χ1v) is 19.3. The van der Waals surface area contributed by atoms with Gasteiger partial charge >= 0.3 is 5.97 Å². The van der Waals surface area contributed by atoms with Gasteiger partial charge in [-0.1, -0.05) is 45.1 Å². The van der Waals surface area contributed by atoms with Crippen molar-refractivity contribution in [3.63, 3.8) is 0 Å². The van der Waals surface area contributed by atoms with E-state index in [1.54, 1.807) is 44.1 Å². The number of hydrogen-bond acceptors (Lipinski definition) is 9. The van der Waals surface area contributed by atoms with Crippen LogP contribution in [0.25, 0.3) is 28.4 Å². The number of H-pyrrole nitrogens is 2. The number of methoxy groups -OCH3 is 1. The molecule has 0 fully saturated rings. The SMILES string of the molecule is C=Cc1c(Oc2ccc(F)c(-c3n[nH]c(C(C)(CCCC(C)(C)CSCC(=O)OCC)c4cccc(OCC=O)c4)n3)c2)c(F)cc2[nH]ccc12.CCOC. The van der Waals surface area contributed by atoms with Gasteiger partial charge in [0.25, 0.3) is 0 Å². The Balaban J connectivity index is 0.00000160. The number of nitrogens with one attached hydrogen (secondary N) is 2. The number of thioether (sulfide) groups is 1. The van der Waals surface area contributed by atoms with E-state index in [9.17, 15) is 9.59 Å². The number of carbonyl (C=O) groups is 2. The van der Waals surface area contributed by atoms with Crippen molar-refractivity contribution in [1.82, 2.24) is 20.2 Å². The second kappa shape index (κ2) is 20.1. The lowest BCUT2D eigenvalue weighted by Crippen LogP contribution is -2.27. The van der Waals surface area contributed by atoms with Crippen LogP contribution in [0.4, 0.5) is 8.78 Å². The third-order valence-corrected chi connectivity index (χ3v) is 10.5. The fraction of sp³-hybridized carbons (Fsp3) is 0.381. The lowest BCUT2D eigenvalue weighted by Gasteiger charge is -2.31. The molecular weight excluding hydrogens is 727 g/mol. The fourth-order valence-corrected chi connectivity index (χ4v) is 7.09. The first-order valence-electron chi connectivity index (χ1n) is 18.1. The highest BCUT2D eigenvalue weighted by atomic mass is 32.2. The number of fused-ring (bicyclic) bond motifs is 1. The Morgan fingerprint density at radius 1 is 1.00 bits per heavy atom. The quantitative estimate of drug-likeness (QED) is 0.0622. The van der Waals surface area contributed by atoms with E-state index >= 15 is 8.78 Å². The molecule has 0 aliphatic carbocycles. The van der Waals surface area contributed by atoms with Gasteiger partial charge in [-0.25, -0.2) is 13.8 Å². The fourth-order valence-electron chi connectivity index (χ4n) is 6.04. The van der Waals surface area contributed by atoms with Crippen LogP contribution in [0.1, 0.15) is 70.8 Å². The van der Waals surface area contributed by atoms with Gasteiger partial charge in [0, 0.05) is 42.4 Å². The van der Waals surface area contributed by atoms with E-state index in [2.05, 4.69) is 40.3 Å². The minimum Gasteiger partial charge on any atom is -0.486 e. The summed E-state index contributed by atoms with van der Waals surface area (Å²) in [6.45, 7) is 15.0. The molecule has 2 heterocycles. The van der Waals surface area contributed by atoms with Crippen molar-refractivity contribution in [2.75, 3.05) is 38.4 Å². The average Bonchev–Trinajstić information content (AvgIpc) is 3.86. The molecule has 2 aromatic heterocycles. The summed E-state index contributed by atoms with van der Waals surface area (Å²) in [5, 5.41) is 8.22. The van der Waals surface area contributed by atoms with Crippen molar-refractivity contribution >= 4 is 41.0 Å². The second-order valence-corrected chi connectivity index (χ2v) is 14.7. The molecule has 0 radical (unpaired) electrons. The second-order valence-electron chi connectivity index (χ2n) is 13.7. The monoisotopic (exact) mass is 776 g/mol. The molecule has 13 heteroatoms. The van der Waals surface area contributed by atoms with Crippen LogP contribution in [0.5, 0.6) is 17.2 Å². The normalized spacial score (nSPS) is 12.4. The number of aromatic amines is 2. The summed E-state index contributed by atoms with van der Waals surface area (Å²) >= 11 is 1.55. The molecule has 5 rings (SSSR count). The molecule has 10 nitrogen and oxygen atoms in total. The standard InChI is InChI=1S/C39H42F2N4O5S.C3H8O/c1-6-28-29-14-17-42-33(29)22-32(41)35(28)50-27-12-13-31(40)30(21-27)36-43-37(45-44-36)39(5,25-10-8-11-26(20-25)49-19-18-46)16-9-15-38(3,4)24-51-23-34(47)48-7-2;1-3-4-2/h6,8,10-14,17-18,20-22,42H,1,7,9,15-16,19,23-24H2,2-5H3,(H,43,44,45);3H2,1-2H3. The molecule has 0 aliphatic heterocycles. The first-order chi connectivity index (χ1) is 26.4. The largest absolute Gasteiger partial charge is 0.486 e. The lowest BCUT2D eigenvalue weighted by molar-refractivity contribution is -0.139.